The highest BCUT2D eigenvalue weighted by Crippen LogP contribution is 2.28. The van der Waals surface area contributed by atoms with E-state index in [0.29, 0.717) is 11.7 Å². The van der Waals surface area contributed by atoms with E-state index < -0.39 is 0 Å². The normalized spacial score (nSPS) is 13.8. The molecule has 110 valence electrons. The van der Waals surface area contributed by atoms with E-state index in [2.05, 4.69) is 25.8 Å². The van der Waals surface area contributed by atoms with E-state index in [0.717, 1.165) is 30.8 Å². The SMILES string of the molecule is CC(=O)NCc1nc(-c2c(C)ncc3c2CCNC3)no1. The van der Waals surface area contributed by atoms with Crippen molar-refractivity contribution in [3.05, 3.63) is 28.9 Å². The number of aromatic nitrogens is 3. The molecule has 0 saturated heterocycles. The lowest BCUT2D eigenvalue weighted by Crippen LogP contribution is -2.25. The molecule has 2 aromatic heterocycles. The molecule has 7 heteroatoms. The van der Waals surface area contributed by atoms with Crippen LogP contribution in [0.4, 0.5) is 0 Å². The number of carbonyl (C=O) groups is 1. The predicted molar refractivity (Wildman–Crippen MR) is 75.2 cm³/mol. The Kier molecular flexibility index (Phi) is 3.66. The molecule has 0 radical (unpaired) electrons. The van der Waals surface area contributed by atoms with Gasteiger partial charge in [-0.05, 0) is 31.0 Å². The van der Waals surface area contributed by atoms with Gasteiger partial charge in [-0.2, -0.15) is 4.98 Å². The van der Waals surface area contributed by atoms with Crippen LogP contribution >= 0.6 is 0 Å². The van der Waals surface area contributed by atoms with E-state index in [1.165, 1.54) is 18.1 Å². The molecule has 1 amide bonds. The molecular weight excluding hydrogens is 270 g/mol. The van der Waals surface area contributed by atoms with Crippen LogP contribution in [0.15, 0.2) is 10.7 Å². The maximum Gasteiger partial charge on any atom is 0.246 e. The van der Waals surface area contributed by atoms with Gasteiger partial charge in [-0.1, -0.05) is 5.16 Å². The summed E-state index contributed by atoms with van der Waals surface area (Å²) < 4.78 is 5.20. The largest absolute Gasteiger partial charge is 0.347 e. The van der Waals surface area contributed by atoms with E-state index in [4.69, 9.17) is 4.52 Å². The summed E-state index contributed by atoms with van der Waals surface area (Å²) in [5, 5.41) is 10.0. The van der Waals surface area contributed by atoms with E-state index >= 15 is 0 Å². The van der Waals surface area contributed by atoms with Crippen molar-refractivity contribution in [1.82, 2.24) is 25.8 Å². The van der Waals surface area contributed by atoms with E-state index in [-0.39, 0.29) is 12.5 Å². The van der Waals surface area contributed by atoms with Gasteiger partial charge in [0.15, 0.2) is 0 Å². The highest BCUT2D eigenvalue weighted by atomic mass is 16.5. The molecule has 0 aliphatic carbocycles. The average molecular weight is 287 g/mol. The topological polar surface area (TPSA) is 92.9 Å². The van der Waals surface area contributed by atoms with Crippen molar-refractivity contribution in [2.24, 2.45) is 0 Å². The third kappa shape index (κ3) is 2.78. The second kappa shape index (κ2) is 5.61. The Bertz CT molecular complexity index is 680. The van der Waals surface area contributed by atoms with Crippen molar-refractivity contribution in [1.29, 1.82) is 0 Å². The van der Waals surface area contributed by atoms with Crippen molar-refractivity contribution in [2.45, 2.75) is 33.4 Å². The van der Waals surface area contributed by atoms with Crippen molar-refractivity contribution in [2.75, 3.05) is 6.54 Å². The van der Waals surface area contributed by atoms with Crippen molar-refractivity contribution < 1.29 is 9.32 Å². The monoisotopic (exact) mass is 287 g/mol. The van der Waals surface area contributed by atoms with Gasteiger partial charge >= 0.3 is 0 Å². The molecule has 7 nitrogen and oxygen atoms in total. The minimum atomic E-state index is -0.129. The summed E-state index contributed by atoms with van der Waals surface area (Å²) in [5.41, 5.74) is 4.25. The lowest BCUT2D eigenvalue weighted by atomic mass is 9.95. The molecule has 0 saturated carbocycles. The molecule has 0 atom stereocenters. The molecule has 0 spiro atoms. The lowest BCUT2D eigenvalue weighted by molar-refractivity contribution is -0.119. The number of hydrogen-bond donors (Lipinski definition) is 2. The summed E-state index contributed by atoms with van der Waals surface area (Å²) in [7, 11) is 0. The maximum absolute atomic E-state index is 10.9. The van der Waals surface area contributed by atoms with Crippen LogP contribution < -0.4 is 10.6 Å². The van der Waals surface area contributed by atoms with Crippen molar-refractivity contribution in [3.8, 4) is 11.4 Å². The van der Waals surface area contributed by atoms with Crippen LogP contribution in [0.3, 0.4) is 0 Å². The first kappa shape index (κ1) is 13.7. The van der Waals surface area contributed by atoms with Gasteiger partial charge in [0.1, 0.15) is 0 Å². The molecule has 3 heterocycles. The van der Waals surface area contributed by atoms with E-state index in [1.807, 2.05) is 13.1 Å². The van der Waals surface area contributed by atoms with Gasteiger partial charge in [0.2, 0.25) is 17.6 Å². The Hall–Kier alpha value is -2.28. The molecule has 2 N–H and O–H groups in total. The van der Waals surface area contributed by atoms with Crippen LogP contribution in [0, 0.1) is 6.92 Å². The fourth-order valence-corrected chi connectivity index (χ4v) is 2.50. The van der Waals surface area contributed by atoms with Crippen molar-refractivity contribution >= 4 is 5.91 Å². The average Bonchev–Trinajstić information content (AvgIpc) is 2.93. The maximum atomic E-state index is 10.9. The summed E-state index contributed by atoms with van der Waals surface area (Å²) in [4.78, 5) is 19.7. The molecule has 0 unspecified atom stereocenters. The zero-order valence-electron chi connectivity index (χ0n) is 12.1. The van der Waals surface area contributed by atoms with Crippen molar-refractivity contribution in [3.63, 3.8) is 0 Å². The molecule has 0 bridgehead atoms. The highest BCUT2D eigenvalue weighted by molar-refractivity contribution is 5.72. The Labute approximate surface area is 122 Å². The van der Waals surface area contributed by atoms with Crippen LogP contribution in [0.25, 0.3) is 11.4 Å². The molecule has 1 aliphatic heterocycles. The molecule has 1 aliphatic rings. The summed E-state index contributed by atoms with van der Waals surface area (Å²) in [6, 6.07) is 0. The minimum Gasteiger partial charge on any atom is -0.347 e. The third-order valence-electron chi connectivity index (χ3n) is 3.51. The van der Waals surface area contributed by atoms with Gasteiger partial charge in [0.25, 0.3) is 0 Å². The number of fused-ring (bicyclic) bond motifs is 1. The number of hydrogen-bond acceptors (Lipinski definition) is 6. The smallest absolute Gasteiger partial charge is 0.246 e. The number of aryl methyl sites for hydroxylation is 1. The Morgan fingerprint density at radius 1 is 1.52 bits per heavy atom. The van der Waals surface area contributed by atoms with Crippen LogP contribution in [0.2, 0.25) is 0 Å². The zero-order valence-corrected chi connectivity index (χ0v) is 12.1. The number of rotatable bonds is 3. The Morgan fingerprint density at radius 2 is 2.38 bits per heavy atom. The molecule has 3 rings (SSSR count). The molecule has 0 fully saturated rings. The number of nitrogens with zero attached hydrogens (tertiary/aromatic N) is 3. The van der Waals surface area contributed by atoms with Gasteiger partial charge in [0.05, 0.1) is 6.54 Å². The first-order chi connectivity index (χ1) is 10.1. The Balaban J connectivity index is 1.95. The number of amides is 1. The predicted octanol–water partition coefficient (Wildman–Crippen LogP) is 0.722. The molecule has 0 aromatic carbocycles. The zero-order chi connectivity index (χ0) is 14.8. The van der Waals surface area contributed by atoms with Gasteiger partial charge < -0.3 is 15.2 Å². The second-order valence-corrected chi connectivity index (χ2v) is 5.07. The lowest BCUT2D eigenvalue weighted by Gasteiger charge is -2.19. The summed E-state index contributed by atoms with van der Waals surface area (Å²) in [6.07, 6.45) is 2.82. The Morgan fingerprint density at radius 3 is 3.19 bits per heavy atom. The van der Waals surface area contributed by atoms with Gasteiger partial charge in [-0.15, -0.1) is 0 Å². The fraction of sp³-hybridized carbons (Fsp3) is 0.429. The van der Waals surface area contributed by atoms with Crippen LogP contribution in [-0.2, 0) is 24.3 Å². The number of carbonyl (C=O) groups excluding carboxylic acids is 1. The second-order valence-electron chi connectivity index (χ2n) is 5.07. The minimum absolute atomic E-state index is 0.129. The number of nitrogens with one attached hydrogen (secondary N) is 2. The fourth-order valence-electron chi connectivity index (χ4n) is 2.50. The standard InChI is InChI=1S/C14H17N5O2/c1-8-13(11-3-4-15-5-10(11)6-16-8)14-18-12(21-19-14)7-17-9(2)20/h6,15H,3-5,7H2,1-2H3,(H,17,20). The summed E-state index contributed by atoms with van der Waals surface area (Å²) in [6.45, 7) is 5.38. The summed E-state index contributed by atoms with van der Waals surface area (Å²) >= 11 is 0. The van der Waals surface area contributed by atoms with Crippen LogP contribution in [0.1, 0.15) is 29.6 Å². The highest BCUT2D eigenvalue weighted by Gasteiger charge is 2.20. The van der Waals surface area contributed by atoms with Crippen LogP contribution in [0.5, 0.6) is 0 Å². The first-order valence-electron chi connectivity index (χ1n) is 6.90. The third-order valence-corrected chi connectivity index (χ3v) is 3.51. The van der Waals surface area contributed by atoms with Gasteiger partial charge in [-0.3, -0.25) is 9.78 Å². The molecule has 2 aromatic rings. The van der Waals surface area contributed by atoms with Gasteiger partial charge in [0, 0.05) is 30.9 Å². The van der Waals surface area contributed by atoms with Gasteiger partial charge in [-0.25, -0.2) is 0 Å². The van der Waals surface area contributed by atoms with Crippen LogP contribution in [-0.4, -0.2) is 27.6 Å². The number of pyridine rings is 1. The van der Waals surface area contributed by atoms with E-state index in [1.54, 1.807) is 0 Å². The molecule has 21 heavy (non-hydrogen) atoms. The summed E-state index contributed by atoms with van der Waals surface area (Å²) in [5.74, 6) is 0.806. The van der Waals surface area contributed by atoms with E-state index in [9.17, 15) is 4.79 Å². The first-order valence-corrected chi connectivity index (χ1v) is 6.90. The molecular formula is C14H17N5O2. The quantitative estimate of drug-likeness (QED) is 0.864.